The van der Waals surface area contributed by atoms with Crippen molar-refractivity contribution in [1.29, 1.82) is 0 Å². The molecule has 2 atom stereocenters. The van der Waals surface area contributed by atoms with E-state index in [1.54, 1.807) is 0 Å². The van der Waals surface area contributed by atoms with Crippen molar-refractivity contribution in [2.24, 2.45) is 5.92 Å². The van der Waals surface area contributed by atoms with E-state index >= 15 is 0 Å². The zero-order chi connectivity index (χ0) is 13.2. The summed E-state index contributed by atoms with van der Waals surface area (Å²) in [4.78, 5) is 4.44. The predicted octanol–water partition coefficient (Wildman–Crippen LogP) is 0.313. The van der Waals surface area contributed by atoms with E-state index in [0.29, 0.717) is 12.5 Å². The van der Waals surface area contributed by atoms with E-state index in [0.717, 1.165) is 31.0 Å². The number of hydrogen-bond donors (Lipinski definition) is 3. The molecule has 0 saturated carbocycles. The van der Waals surface area contributed by atoms with E-state index in [1.165, 1.54) is 5.56 Å². The van der Waals surface area contributed by atoms with Gasteiger partial charge in [-0.2, -0.15) is 0 Å². The monoisotopic (exact) mass is 260 g/mol. The lowest BCUT2D eigenvalue weighted by Gasteiger charge is -2.13. The van der Waals surface area contributed by atoms with Crippen molar-refractivity contribution in [3.63, 3.8) is 0 Å². The van der Waals surface area contributed by atoms with Crippen molar-refractivity contribution in [3.05, 3.63) is 35.8 Å². The molecule has 102 valence electrons. The molecular weight excluding hydrogens is 240 g/mol. The van der Waals surface area contributed by atoms with Crippen LogP contribution in [-0.4, -0.2) is 40.2 Å². The molecule has 0 bridgehead atoms. The molecule has 0 aromatic carbocycles. The molecule has 0 amide bonds. The molecule has 3 rings (SSSR count). The smallest absolute Gasteiger partial charge is 0.139 e. The fraction of sp³-hybridized carbons (Fsp3) is 0.500. The number of aliphatic hydroxyl groups is 1. The minimum atomic E-state index is -0.225. The summed E-state index contributed by atoms with van der Waals surface area (Å²) in [6.07, 6.45) is 3.73. The maximum atomic E-state index is 9.73. The summed E-state index contributed by atoms with van der Waals surface area (Å²) >= 11 is 0. The first-order valence-electron chi connectivity index (χ1n) is 6.77. The normalized spacial score (nSPS) is 23.3. The summed E-state index contributed by atoms with van der Waals surface area (Å²) in [5, 5.41) is 16.3. The van der Waals surface area contributed by atoms with Gasteiger partial charge in [0.2, 0.25) is 0 Å². The van der Waals surface area contributed by atoms with Gasteiger partial charge < -0.3 is 20.1 Å². The number of fused-ring (bicyclic) bond motifs is 1. The minimum Gasteiger partial charge on any atom is -0.391 e. The largest absolute Gasteiger partial charge is 0.391 e. The van der Waals surface area contributed by atoms with E-state index in [9.17, 15) is 5.11 Å². The zero-order valence-corrected chi connectivity index (χ0v) is 11.1. The molecule has 1 aliphatic rings. The third-order valence-electron chi connectivity index (χ3n) is 3.82. The van der Waals surface area contributed by atoms with E-state index in [2.05, 4.69) is 33.0 Å². The van der Waals surface area contributed by atoms with E-state index in [4.69, 9.17) is 0 Å². The van der Waals surface area contributed by atoms with Crippen molar-refractivity contribution in [2.75, 3.05) is 19.6 Å². The van der Waals surface area contributed by atoms with Crippen molar-refractivity contribution >= 4 is 5.65 Å². The van der Waals surface area contributed by atoms with Crippen molar-refractivity contribution in [2.45, 2.75) is 19.6 Å². The molecule has 2 unspecified atom stereocenters. The average molecular weight is 260 g/mol. The average Bonchev–Trinajstić information content (AvgIpc) is 2.98. The first-order valence-corrected chi connectivity index (χ1v) is 6.77. The van der Waals surface area contributed by atoms with Crippen molar-refractivity contribution in [3.8, 4) is 0 Å². The molecule has 5 nitrogen and oxygen atoms in total. The standard InChI is InChI=1S/C14H20N4O/c1-10-3-2-4-18-12(8-17-14(10)18)7-15-5-11-6-16-9-13(11)19/h2-4,8,11,13,15-16,19H,5-7,9H2,1H3. The summed E-state index contributed by atoms with van der Waals surface area (Å²) < 4.78 is 2.12. The number of aromatic nitrogens is 2. The lowest BCUT2D eigenvalue weighted by Crippen LogP contribution is -2.30. The number of rotatable bonds is 4. The van der Waals surface area contributed by atoms with Gasteiger partial charge in [0.25, 0.3) is 0 Å². The van der Waals surface area contributed by atoms with Gasteiger partial charge in [0.05, 0.1) is 18.0 Å². The van der Waals surface area contributed by atoms with Crippen LogP contribution in [0.2, 0.25) is 0 Å². The summed E-state index contributed by atoms with van der Waals surface area (Å²) in [7, 11) is 0. The molecule has 1 saturated heterocycles. The third-order valence-corrected chi connectivity index (χ3v) is 3.82. The fourth-order valence-corrected chi connectivity index (χ4v) is 2.65. The third kappa shape index (κ3) is 2.49. The van der Waals surface area contributed by atoms with Gasteiger partial charge in [0.1, 0.15) is 5.65 Å². The number of hydrogen-bond acceptors (Lipinski definition) is 4. The van der Waals surface area contributed by atoms with E-state index in [-0.39, 0.29) is 6.10 Å². The number of aliphatic hydroxyl groups excluding tert-OH is 1. The second-order valence-corrected chi connectivity index (χ2v) is 5.25. The molecule has 3 heterocycles. The SMILES string of the molecule is Cc1cccn2c(CNCC3CNCC3O)cnc12. The van der Waals surface area contributed by atoms with Crippen molar-refractivity contribution < 1.29 is 5.11 Å². The number of β-amino-alcohol motifs (C(OH)–C–C–N with tert-alkyl or cyclic N) is 1. The van der Waals surface area contributed by atoms with Crippen LogP contribution < -0.4 is 10.6 Å². The molecule has 0 radical (unpaired) electrons. The first-order chi connectivity index (χ1) is 9.25. The van der Waals surface area contributed by atoms with Crippen molar-refractivity contribution in [1.82, 2.24) is 20.0 Å². The Labute approximate surface area is 112 Å². The van der Waals surface area contributed by atoms with Crippen LogP contribution in [0.1, 0.15) is 11.3 Å². The number of nitrogens with one attached hydrogen (secondary N) is 2. The van der Waals surface area contributed by atoms with Gasteiger partial charge in [-0.05, 0) is 18.6 Å². The molecule has 1 aliphatic heterocycles. The molecule has 3 N–H and O–H groups in total. The molecule has 19 heavy (non-hydrogen) atoms. The lowest BCUT2D eigenvalue weighted by molar-refractivity contribution is 0.146. The predicted molar refractivity (Wildman–Crippen MR) is 74.0 cm³/mol. The van der Waals surface area contributed by atoms with Crippen LogP contribution in [0.25, 0.3) is 5.65 Å². The highest BCUT2D eigenvalue weighted by atomic mass is 16.3. The molecule has 1 fully saturated rings. The second-order valence-electron chi connectivity index (χ2n) is 5.25. The quantitative estimate of drug-likeness (QED) is 0.740. The summed E-state index contributed by atoms with van der Waals surface area (Å²) in [5.74, 6) is 0.306. The molecule has 2 aromatic rings. The summed E-state index contributed by atoms with van der Waals surface area (Å²) in [6, 6.07) is 4.11. The van der Waals surface area contributed by atoms with Crippen LogP contribution in [0.4, 0.5) is 0 Å². The van der Waals surface area contributed by atoms with Gasteiger partial charge in [0, 0.05) is 38.3 Å². The Hall–Kier alpha value is -1.43. The number of aryl methyl sites for hydroxylation is 1. The molecule has 5 heteroatoms. The maximum Gasteiger partial charge on any atom is 0.139 e. The number of imidazole rings is 1. The Bertz CT molecular complexity index is 566. The van der Waals surface area contributed by atoms with Gasteiger partial charge in [-0.25, -0.2) is 4.98 Å². The Balaban J connectivity index is 1.64. The van der Waals surface area contributed by atoms with Crippen LogP contribution in [-0.2, 0) is 6.54 Å². The zero-order valence-electron chi connectivity index (χ0n) is 11.1. The first kappa shape index (κ1) is 12.6. The van der Waals surface area contributed by atoms with Gasteiger partial charge in [-0.1, -0.05) is 6.07 Å². The van der Waals surface area contributed by atoms with Gasteiger partial charge in [-0.3, -0.25) is 0 Å². The topological polar surface area (TPSA) is 61.6 Å². The molecule has 0 spiro atoms. The Morgan fingerprint density at radius 2 is 2.42 bits per heavy atom. The second kappa shape index (κ2) is 5.28. The summed E-state index contributed by atoms with van der Waals surface area (Å²) in [6.45, 7) is 5.27. The Morgan fingerprint density at radius 3 is 3.21 bits per heavy atom. The fourth-order valence-electron chi connectivity index (χ4n) is 2.65. The molecular formula is C14H20N4O. The number of pyridine rings is 1. The van der Waals surface area contributed by atoms with Gasteiger partial charge >= 0.3 is 0 Å². The highest BCUT2D eigenvalue weighted by Gasteiger charge is 2.24. The molecule has 0 aliphatic carbocycles. The molecule has 2 aromatic heterocycles. The highest BCUT2D eigenvalue weighted by molar-refractivity contribution is 5.48. The highest BCUT2D eigenvalue weighted by Crippen LogP contribution is 2.11. The van der Waals surface area contributed by atoms with E-state index in [1.807, 2.05) is 18.5 Å². The van der Waals surface area contributed by atoms with Crippen LogP contribution in [0, 0.1) is 12.8 Å². The minimum absolute atomic E-state index is 0.225. The Morgan fingerprint density at radius 1 is 1.53 bits per heavy atom. The van der Waals surface area contributed by atoms with E-state index < -0.39 is 0 Å². The maximum absolute atomic E-state index is 9.73. The lowest BCUT2D eigenvalue weighted by atomic mass is 10.1. The number of nitrogens with zero attached hydrogens (tertiary/aromatic N) is 2. The summed E-state index contributed by atoms with van der Waals surface area (Å²) in [5.41, 5.74) is 3.35. The Kier molecular flexibility index (Phi) is 3.50. The van der Waals surface area contributed by atoms with Gasteiger partial charge in [-0.15, -0.1) is 0 Å². The van der Waals surface area contributed by atoms with Crippen LogP contribution in [0.5, 0.6) is 0 Å². The van der Waals surface area contributed by atoms with Gasteiger partial charge in [0.15, 0.2) is 0 Å². The van der Waals surface area contributed by atoms with Crippen LogP contribution in [0.3, 0.4) is 0 Å². The van der Waals surface area contributed by atoms with Crippen LogP contribution in [0.15, 0.2) is 24.5 Å². The van der Waals surface area contributed by atoms with Crippen LogP contribution >= 0.6 is 0 Å².